The van der Waals surface area contributed by atoms with Crippen molar-refractivity contribution >= 4 is 5.65 Å². The molecule has 1 saturated carbocycles. The van der Waals surface area contributed by atoms with Crippen molar-refractivity contribution in [1.82, 2.24) is 19.9 Å². The summed E-state index contributed by atoms with van der Waals surface area (Å²) in [6.07, 6.45) is 7.20. The first-order valence-corrected chi connectivity index (χ1v) is 6.93. The molecule has 1 fully saturated rings. The molecule has 0 amide bonds. The maximum Gasteiger partial charge on any atom is 0.160 e. The first kappa shape index (κ1) is 12.6. The van der Waals surface area contributed by atoms with Crippen LogP contribution in [-0.2, 0) is 11.3 Å². The molecule has 1 aliphatic carbocycles. The summed E-state index contributed by atoms with van der Waals surface area (Å²) >= 11 is 0. The van der Waals surface area contributed by atoms with Gasteiger partial charge in [-0.2, -0.15) is 0 Å². The van der Waals surface area contributed by atoms with Gasteiger partial charge < -0.3 is 10.1 Å². The van der Waals surface area contributed by atoms with Crippen molar-refractivity contribution in [2.75, 3.05) is 7.11 Å². The van der Waals surface area contributed by atoms with Gasteiger partial charge in [-0.15, -0.1) is 10.2 Å². The minimum atomic E-state index is 0.327. The molecule has 1 aliphatic rings. The van der Waals surface area contributed by atoms with Gasteiger partial charge in [-0.1, -0.05) is 18.9 Å². The Balaban J connectivity index is 1.68. The van der Waals surface area contributed by atoms with Crippen LogP contribution in [0.1, 0.15) is 31.5 Å². The number of hydrogen-bond acceptors (Lipinski definition) is 4. The van der Waals surface area contributed by atoms with Gasteiger partial charge in [0, 0.05) is 19.3 Å². The summed E-state index contributed by atoms with van der Waals surface area (Å²) in [6.45, 7) is 0.732. The van der Waals surface area contributed by atoms with Crippen LogP contribution in [0.15, 0.2) is 24.4 Å². The molecule has 102 valence electrons. The quantitative estimate of drug-likeness (QED) is 0.910. The molecule has 19 heavy (non-hydrogen) atoms. The first-order valence-electron chi connectivity index (χ1n) is 6.93. The van der Waals surface area contributed by atoms with Crippen LogP contribution in [0.2, 0.25) is 0 Å². The predicted molar refractivity (Wildman–Crippen MR) is 72.9 cm³/mol. The molecule has 2 atom stereocenters. The number of nitrogens with zero attached hydrogens (tertiary/aromatic N) is 3. The van der Waals surface area contributed by atoms with Crippen molar-refractivity contribution in [1.29, 1.82) is 0 Å². The molecular formula is C14H20N4O. The smallest absolute Gasteiger partial charge is 0.160 e. The van der Waals surface area contributed by atoms with E-state index in [2.05, 4.69) is 15.5 Å². The molecule has 0 aromatic carbocycles. The maximum atomic E-state index is 5.56. The van der Waals surface area contributed by atoms with E-state index in [1.54, 1.807) is 7.11 Å². The molecule has 0 radical (unpaired) electrons. The Bertz CT molecular complexity index is 539. The second kappa shape index (κ2) is 5.67. The van der Waals surface area contributed by atoms with Gasteiger partial charge >= 0.3 is 0 Å². The summed E-state index contributed by atoms with van der Waals surface area (Å²) in [4.78, 5) is 0. The number of nitrogens with one attached hydrogen (secondary N) is 1. The molecule has 1 N–H and O–H groups in total. The van der Waals surface area contributed by atoms with Gasteiger partial charge in [-0.3, -0.25) is 4.40 Å². The van der Waals surface area contributed by atoms with Crippen LogP contribution in [-0.4, -0.2) is 33.9 Å². The number of pyridine rings is 1. The van der Waals surface area contributed by atoms with Gasteiger partial charge in [0.05, 0.1) is 12.6 Å². The number of fused-ring (bicyclic) bond motifs is 1. The molecule has 5 nitrogen and oxygen atoms in total. The van der Waals surface area contributed by atoms with Crippen LogP contribution >= 0.6 is 0 Å². The molecule has 5 heteroatoms. The SMILES string of the molecule is COC1CCCCC1NCc1nnc2ccccn12. The summed E-state index contributed by atoms with van der Waals surface area (Å²) in [5.74, 6) is 0.955. The average Bonchev–Trinajstić information content (AvgIpc) is 2.89. The highest BCUT2D eigenvalue weighted by Gasteiger charge is 2.24. The highest BCUT2D eigenvalue weighted by Crippen LogP contribution is 2.21. The summed E-state index contributed by atoms with van der Waals surface area (Å²) in [6, 6.07) is 6.37. The zero-order chi connectivity index (χ0) is 13.1. The Morgan fingerprint density at radius 2 is 2.21 bits per heavy atom. The fourth-order valence-electron chi connectivity index (χ4n) is 2.85. The maximum absolute atomic E-state index is 5.56. The van der Waals surface area contributed by atoms with Crippen LogP contribution in [0, 0.1) is 0 Å². The van der Waals surface area contributed by atoms with E-state index in [4.69, 9.17) is 4.74 Å². The largest absolute Gasteiger partial charge is 0.380 e. The number of ether oxygens (including phenoxy) is 1. The lowest BCUT2D eigenvalue weighted by Gasteiger charge is -2.30. The van der Waals surface area contributed by atoms with Gasteiger partial charge in [0.25, 0.3) is 0 Å². The van der Waals surface area contributed by atoms with E-state index in [1.165, 1.54) is 19.3 Å². The van der Waals surface area contributed by atoms with Crippen molar-refractivity contribution in [3.05, 3.63) is 30.2 Å². The molecule has 2 unspecified atom stereocenters. The van der Waals surface area contributed by atoms with Crippen LogP contribution in [0.3, 0.4) is 0 Å². The molecule has 0 bridgehead atoms. The third kappa shape index (κ3) is 2.62. The summed E-state index contributed by atoms with van der Waals surface area (Å²) in [5, 5.41) is 12.0. The fourth-order valence-corrected chi connectivity index (χ4v) is 2.85. The summed E-state index contributed by atoms with van der Waals surface area (Å²) in [5.41, 5.74) is 0.895. The van der Waals surface area contributed by atoms with E-state index in [-0.39, 0.29) is 0 Å². The molecule has 0 aliphatic heterocycles. The van der Waals surface area contributed by atoms with Gasteiger partial charge in [-0.05, 0) is 25.0 Å². The molecule has 3 rings (SSSR count). The van der Waals surface area contributed by atoms with Crippen molar-refractivity contribution in [3.63, 3.8) is 0 Å². The minimum absolute atomic E-state index is 0.327. The minimum Gasteiger partial charge on any atom is -0.380 e. The predicted octanol–water partition coefficient (Wildman–Crippen LogP) is 1.78. The monoisotopic (exact) mass is 260 g/mol. The van der Waals surface area contributed by atoms with E-state index in [0.29, 0.717) is 12.1 Å². The van der Waals surface area contributed by atoms with Crippen LogP contribution in [0.5, 0.6) is 0 Å². The van der Waals surface area contributed by atoms with Crippen LogP contribution < -0.4 is 5.32 Å². The lowest BCUT2D eigenvalue weighted by atomic mass is 9.92. The van der Waals surface area contributed by atoms with Gasteiger partial charge in [0.1, 0.15) is 0 Å². The average molecular weight is 260 g/mol. The molecule has 2 heterocycles. The van der Waals surface area contributed by atoms with Crippen molar-refractivity contribution in [2.24, 2.45) is 0 Å². The number of rotatable bonds is 4. The highest BCUT2D eigenvalue weighted by molar-refractivity contribution is 5.36. The standard InChI is InChI=1S/C14H20N4O/c1-19-12-7-3-2-6-11(12)15-10-14-17-16-13-8-4-5-9-18(13)14/h4-5,8-9,11-12,15H,2-3,6-7,10H2,1H3. The van der Waals surface area contributed by atoms with Gasteiger partial charge in [0.2, 0.25) is 0 Å². The zero-order valence-corrected chi connectivity index (χ0v) is 11.2. The van der Waals surface area contributed by atoms with Gasteiger partial charge in [-0.25, -0.2) is 0 Å². The highest BCUT2D eigenvalue weighted by atomic mass is 16.5. The molecule has 2 aromatic heterocycles. The lowest BCUT2D eigenvalue weighted by molar-refractivity contribution is 0.0410. The third-order valence-electron chi connectivity index (χ3n) is 3.91. The van der Waals surface area contributed by atoms with Crippen molar-refractivity contribution in [3.8, 4) is 0 Å². The Morgan fingerprint density at radius 1 is 1.32 bits per heavy atom. The molecular weight excluding hydrogens is 240 g/mol. The summed E-state index contributed by atoms with van der Waals surface area (Å²) < 4.78 is 7.58. The Morgan fingerprint density at radius 3 is 3.11 bits per heavy atom. The second-order valence-corrected chi connectivity index (χ2v) is 5.09. The Kier molecular flexibility index (Phi) is 3.75. The fraction of sp³-hybridized carbons (Fsp3) is 0.571. The van der Waals surface area contributed by atoms with Gasteiger partial charge in [0.15, 0.2) is 11.5 Å². The number of hydrogen-bond donors (Lipinski definition) is 1. The molecule has 2 aromatic rings. The van der Waals surface area contributed by atoms with Crippen molar-refractivity contribution < 1.29 is 4.74 Å². The Hall–Kier alpha value is -1.46. The Labute approximate surface area is 113 Å². The van der Waals surface area contributed by atoms with Crippen LogP contribution in [0.25, 0.3) is 5.65 Å². The topological polar surface area (TPSA) is 51.5 Å². The van der Waals surface area contributed by atoms with E-state index >= 15 is 0 Å². The molecule has 0 saturated heterocycles. The van der Waals surface area contributed by atoms with Crippen molar-refractivity contribution in [2.45, 2.75) is 44.4 Å². The van der Waals surface area contributed by atoms with E-state index in [1.807, 2.05) is 28.8 Å². The van der Waals surface area contributed by atoms with E-state index < -0.39 is 0 Å². The molecule has 0 spiro atoms. The third-order valence-corrected chi connectivity index (χ3v) is 3.91. The lowest BCUT2D eigenvalue weighted by Crippen LogP contribution is -2.43. The number of methoxy groups -OCH3 is 1. The van der Waals surface area contributed by atoms with Crippen LogP contribution in [0.4, 0.5) is 0 Å². The first-order chi connectivity index (χ1) is 9.38. The second-order valence-electron chi connectivity index (χ2n) is 5.09. The summed E-state index contributed by atoms with van der Waals surface area (Å²) in [7, 11) is 1.80. The van der Waals surface area contributed by atoms with E-state index in [9.17, 15) is 0 Å². The number of aromatic nitrogens is 3. The normalized spacial score (nSPS) is 23.8. The van der Waals surface area contributed by atoms with E-state index in [0.717, 1.165) is 24.4 Å². The zero-order valence-electron chi connectivity index (χ0n) is 11.2.